The van der Waals surface area contributed by atoms with E-state index >= 15 is 0 Å². The molecule has 0 unspecified atom stereocenters. The highest BCUT2D eigenvalue weighted by Crippen LogP contribution is 2.23. The third kappa shape index (κ3) is 6.18. The molecule has 1 fully saturated rings. The van der Waals surface area contributed by atoms with Gasteiger partial charge in [-0.1, -0.05) is 47.0 Å². The van der Waals surface area contributed by atoms with Crippen LogP contribution in [0, 0.1) is 11.3 Å². The molecule has 3 heteroatoms. The Morgan fingerprint density at radius 3 is 1.83 bits per heavy atom. The predicted molar refractivity (Wildman–Crippen MR) is 73.6 cm³/mol. The number of carboxylic acid groups (broad SMARTS) is 1. The summed E-state index contributed by atoms with van der Waals surface area (Å²) in [4.78, 5) is 21.4. The first kappa shape index (κ1) is 17.1. The number of carbonyl (C=O) groups is 2. The monoisotopic (exact) mass is 256 g/mol. The highest BCUT2D eigenvalue weighted by atomic mass is 16.4. The summed E-state index contributed by atoms with van der Waals surface area (Å²) in [6.07, 6.45) is 6.85. The first-order chi connectivity index (χ1) is 8.35. The van der Waals surface area contributed by atoms with Gasteiger partial charge in [-0.3, -0.25) is 9.59 Å². The van der Waals surface area contributed by atoms with Crippen LogP contribution >= 0.6 is 0 Å². The second-order valence-electron chi connectivity index (χ2n) is 5.69. The lowest BCUT2D eigenvalue weighted by Gasteiger charge is -2.19. The summed E-state index contributed by atoms with van der Waals surface area (Å²) in [6, 6.07) is 0. The zero-order valence-corrected chi connectivity index (χ0v) is 12.3. The van der Waals surface area contributed by atoms with Gasteiger partial charge in [0.15, 0.2) is 0 Å². The van der Waals surface area contributed by atoms with Crippen LogP contribution in [0.2, 0.25) is 0 Å². The van der Waals surface area contributed by atoms with E-state index in [9.17, 15) is 9.59 Å². The van der Waals surface area contributed by atoms with Crippen LogP contribution in [-0.4, -0.2) is 16.9 Å². The third-order valence-corrected chi connectivity index (χ3v) is 3.91. The van der Waals surface area contributed by atoms with Crippen molar-refractivity contribution in [3.8, 4) is 0 Å². The van der Waals surface area contributed by atoms with Crippen LogP contribution in [0.5, 0.6) is 0 Å². The SMILES string of the molecule is CCC(=O)C(C)(C)CC.O=C(O)C1CCCCC1. The Kier molecular flexibility index (Phi) is 7.88. The molecule has 1 rings (SSSR count). The topological polar surface area (TPSA) is 54.4 Å². The first-order valence-electron chi connectivity index (χ1n) is 7.11. The van der Waals surface area contributed by atoms with Gasteiger partial charge in [-0.15, -0.1) is 0 Å². The highest BCUT2D eigenvalue weighted by Gasteiger charge is 2.22. The number of hydrogen-bond acceptors (Lipinski definition) is 2. The molecule has 0 aliphatic heterocycles. The maximum absolute atomic E-state index is 11.1. The van der Waals surface area contributed by atoms with Crippen LogP contribution in [0.15, 0.2) is 0 Å². The average Bonchev–Trinajstić information content (AvgIpc) is 2.39. The smallest absolute Gasteiger partial charge is 0.306 e. The molecule has 0 aromatic carbocycles. The molecule has 1 N–H and O–H groups in total. The molecule has 1 aliphatic rings. The zero-order chi connectivity index (χ0) is 14.2. The van der Waals surface area contributed by atoms with Crippen molar-refractivity contribution < 1.29 is 14.7 Å². The molecule has 0 heterocycles. The summed E-state index contributed by atoms with van der Waals surface area (Å²) in [5.74, 6) is -0.265. The van der Waals surface area contributed by atoms with Crippen molar-refractivity contribution in [1.29, 1.82) is 0 Å². The summed E-state index contributed by atoms with van der Waals surface area (Å²) in [5, 5.41) is 8.54. The van der Waals surface area contributed by atoms with Crippen LogP contribution in [0.4, 0.5) is 0 Å². The molecule has 0 atom stereocenters. The fraction of sp³-hybridized carbons (Fsp3) is 0.867. The van der Waals surface area contributed by atoms with E-state index in [1.165, 1.54) is 6.42 Å². The van der Waals surface area contributed by atoms with E-state index in [1.54, 1.807) is 0 Å². The predicted octanol–water partition coefficient (Wildman–Crippen LogP) is 4.05. The van der Waals surface area contributed by atoms with Crippen LogP contribution in [0.3, 0.4) is 0 Å². The second kappa shape index (κ2) is 8.28. The molecule has 0 aromatic rings. The van der Waals surface area contributed by atoms with E-state index < -0.39 is 5.97 Å². The molecule has 3 nitrogen and oxygen atoms in total. The number of ketones is 1. The van der Waals surface area contributed by atoms with Gasteiger partial charge in [0.1, 0.15) is 5.78 Å². The summed E-state index contributed by atoms with van der Waals surface area (Å²) < 4.78 is 0. The van der Waals surface area contributed by atoms with E-state index in [0.29, 0.717) is 12.2 Å². The molecule has 0 bridgehead atoms. The van der Waals surface area contributed by atoms with Crippen molar-refractivity contribution in [2.75, 3.05) is 0 Å². The van der Waals surface area contributed by atoms with Crippen LogP contribution in [0.25, 0.3) is 0 Å². The third-order valence-electron chi connectivity index (χ3n) is 3.91. The standard InChI is InChI=1S/C8H16O.C7H12O2/c1-5-7(9)8(3,4)6-2;8-7(9)6-4-2-1-3-5-6/h5-6H2,1-4H3;6H,1-5H2,(H,8,9). The van der Waals surface area contributed by atoms with Gasteiger partial charge in [0.25, 0.3) is 0 Å². The average molecular weight is 256 g/mol. The Labute approximate surface area is 111 Å². The van der Waals surface area contributed by atoms with Gasteiger partial charge < -0.3 is 5.11 Å². The number of carboxylic acids is 1. The molecule has 0 spiro atoms. The molecule has 0 amide bonds. The van der Waals surface area contributed by atoms with E-state index in [0.717, 1.165) is 32.1 Å². The summed E-state index contributed by atoms with van der Waals surface area (Å²) in [7, 11) is 0. The maximum Gasteiger partial charge on any atom is 0.306 e. The van der Waals surface area contributed by atoms with Gasteiger partial charge in [0.05, 0.1) is 5.92 Å². The Morgan fingerprint density at radius 1 is 1.11 bits per heavy atom. The van der Waals surface area contributed by atoms with Crippen molar-refractivity contribution in [2.45, 2.75) is 72.6 Å². The van der Waals surface area contributed by atoms with E-state index in [1.807, 2.05) is 27.7 Å². The summed E-state index contributed by atoms with van der Waals surface area (Å²) in [6.45, 7) is 7.96. The van der Waals surface area contributed by atoms with Crippen molar-refractivity contribution in [3.05, 3.63) is 0 Å². The minimum Gasteiger partial charge on any atom is -0.481 e. The zero-order valence-electron chi connectivity index (χ0n) is 12.3. The van der Waals surface area contributed by atoms with Crippen LogP contribution in [0.1, 0.15) is 72.6 Å². The molecule has 1 aliphatic carbocycles. The van der Waals surface area contributed by atoms with Gasteiger partial charge in [-0.25, -0.2) is 0 Å². The molecule has 1 saturated carbocycles. The van der Waals surface area contributed by atoms with Gasteiger partial charge >= 0.3 is 5.97 Å². The van der Waals surface area contributed by atoms with Crippen molar-refractivity contribution in [2.24, 2.45) is 11.3 Å². The van der Waals surface area contributed by atoms with Gasteiger partial charge in [-0.05, 0) is 19.3 Å². The number of carbonyl (C=O) groups excluding carboxylic acids is 1. The molecular weight excluding hydrogens is 228 g/mol. The fourth-order valence-electron chi connectivity index (χ4n) is 2.03. The lowest BCUT2D eigenvalue weighted by atomic mass is 9.84. The Bertz CT molecular complexity index is 263. The number of aliphatic carboxylic acids is 1. The molecule has 0 radical (unpaired) electrons. The number of Topliss-reactive ketones (excluding diaryl/α,β-unsaturated/α-hetero) is 1. The minimum absolute atomic E-state index is 0.0289. The van der Waals surface area contributed by atoms with Crippen molar-refractivity contribution in [1.82, 2.24) is 0 Å². The van der Waals surface area contributed by atoms with Crippen LogP contribution < -0.4 is 0 Å². The first-order valence-corrected chi connectivity index (χ1v) is 7.11. The van der Waals surface area contributed by atoms with Gasteiger partial charge in [-0.2, -0.15) is 0 Å². The van der Waals surface area contributed by atoms with E-state index in [-0.39, 0.29) is 11.3 Å². The van der Waals surface area contributed by atoms with E-state index in [4.69, 9.17) is 5.11 Å². The second-order valence-corrected chi connectivity index (χ2v) is 5.69. The Morgan fingerprint density at radius 2 is 1.61 bits per heavy atom. The highest BCUT2D eigenvalue weighted by molar-refractivity contribution is 5.83. The number of rotatable bonds is 4. The summed E-state index contributed by atoms with van der Waals surface area (Å²) in [5.41, 5.74) is -0.0885. The van der Waals surface area contributed by atoms with Gasteiger partial charge in [0.2, 0.25) is 0 Å². The van der Waals surface area contributed by atoms with Crippen molar-refractivity contribution >= 4 is 11.8 Å². The van der Waals surface area contributed by atoms with E-state index in [2.05, 4.69) is 0 Å². The lowest BCUT2D eigenvalue weighted by molar-refractivity contribution is -0.142. The van der Waals surface area contributed by atoms with Crippen LogP contribution in [-0.2, 0) is 9.59 Å². The Balaban J connectivity index is 0.000000321. The summed E-state index contributed by atoms with van der Waals surface area (Å²) >= 11 is 0. The quantitative estimate of drug-likeness (QED) is 0.825. The van der Waals surface area contributed by atoms with Crippen molar-refractivity contribution in [3.63, 3.8) is 0 Å². The molecule has 0 aromatic heterocycles. The lowest BCUT2D eigenvalue weighted by Crippen LogP contribution is -2.21. The maximum atomic E-state index is 11.1. The molecular formula is C15H28O3. The van der Waals surface area contributed by atoms with Gasteiger partial charge in [0, 0.05) is 11.8 Å². The molecule has 0 saturated heterocycles. The fourth-order valence-corrected chi connectivity index (χ4v) is 2.03. The molecule has 18 heavy (non-hydrogen) atoms. The largest absolute Gasteiger partial charge is 0.481 e. The number of hydrogen-bond donors (Lipinski definition) is 1. The Hall–Kier alpha value is -0.860. The molecule has 106 valence electrons. The normalized spacial score (nSPS) is 16.7. The minimum atomic E-state index is -0.602.